The Kier molecular flexibility index (Phi) is 4.71. The van der Waals surface area contributed by atoms with E-state index in [-0.39, 0.29) is 0 Å². The van der Waals surface area contributed by atoms with Crippen LogP contribution in [0, 0.1) is 0 Å². The van der Waals surface area contributed by atoms with Crippen molar-refractivity contribution in [3.8, 4) is 0 Å². The Hall–Kier alpha value is -1.56. The van der Waals surface area contributed by atoms with Crippen molar-refractivity contribution < 1.29 is 5.32 Å². The van der Waals surface area contributed by atoms with E-state index in [1.54, 1.807) is 0 Å². The van der Waals surface area contributed by atoms with Crippen LogP contribution in [0.1, 0.15) is 44.2 Å². The monoisotopic (exact) mass is 360 g/mol. The summed E-state index contributed by atoms with van der Waals surface area (Å²) < 4.78 is 2.10. The zero-order valence-electron chi connectivity index (χ0n) is 14.8. The van der Waals surface area contributed by atoms with E-state index >= 15 is 0 Å². The molecular formula is C19H27ClN5+. The predicted octanol–water partition coefficient (Wildman–Crippen LogP) is 2.89. The molecule has 0 bridgehead atoms. The Labute approximate surface area is 154 Å². The third kappa shape index (κ3) is 3.68. The van der Waals surface area contributed by atoms with E-state index < -0.39 is 0 Å². The number of rotatable bonds is 5. The average molecular weight is 361 g/mol. The molecule has 0 atom stereocenters. The first-order valence-electron chi connectivity index (χ1n) is 9.36. The van der Waals surface area contributed by atoms with Crippen molar-refractivity contribution in [2.45, 2.75) is 51.1 Å². The lowest BCUT2D eigenvalue weighted by Crippen LogP contribution is -2.71. The van der Waals surface area contributed by atoms with Gasteiger partial charge in [-0.25, -0.2) is 0 Å². The van der Waals surface area contributed by atoms with Crippen LogP contribution in [0.5, 0.6) is 0 Å². The van der Waals surface area contributed by atoms with Crippen LogP contribution >= 0.6 is 11.6 Å². The average Bonchev–Trinajstić information content (AvgIpc) is 3.36. The maximum absolute atomic E-state index is 6.60. The van der Waals surface area contributed by atoms with Crippen molar-refractivity contribution in [3.63, 3.8) is 0 Å². The van der Waals surface area contributed by atoms with Crippen molar-refractivity contribution in [1.29, 1.82) is 0 Å². The number of anilines is 1. The van der Waals surface area contributed by atoms with Crippen molar-refractivity contribution in [1.82, 2.24) is 9.78 Å². The van der Waals surface area contributed by atoms with E-state index in [2.05, 4.69) is 45.3 Å². The molecule has 6 heteroatoms. The van der Waals surface area contributed by atoms with Gasteiger partial charge in [0.2, 0.25) is 0 Å². The number of halogens is 1. The summed E-state index contributed by atoms with van der Waals surface area (Å²) in [5, 5.41) is 7.58. The number of aromatic nitrogens is 2. The van der Waals surface area contributed by atoms with Gasteiger partial charge in [0.15, 0.2) is 5.69 Å². The highest BCUT2D eigenvalue weighted by Crippen LogP contribution is 2.35. The van der Waals surface area contributed by atoms with E-state index in [0.717, 1.165) is 48.7 Å². The largest absolute Gasteiger partial charge is 0.370 e. The second kappa shape index (κ2) is 6.98. The second-order valence-electron chi connectivity index (χ2n) is 7.31. The number of nitrogens with two attached hydrogens (primary N) is 2. The van der Waals surface area contributed by atoms with E-state index in [9.17, 15) is 0 Å². The maximum atomic E-state index is 6.60. The van der Waals surface area contributed by atoms with Gasteiger partial charge in [0.25, 0.3) is 0 Å². The highest BCUT2D eigenvalue weighted by Gasteiger charge is 2.25. The Bertz CT molecular complexity index is 744. The molecule has 4 N–H and O–H groups in total. The summed E-state index contributed by atoms with van der Waals surface area (Å²) in [7, 11) is 0. The molecule has 1 aliphatic carbocycles. The summed E-state index contributed by atoms with van der Waals surface area (Å²) in [6, 6.07) is 5.31. The second-order valence-corrected chi connectivity index (χ2v) is 7.72. The molecule has 5 nitrogen and oxygen atoms in total. The van der Waals surface area contributed by atoms with Crippen molar-refractivity contribution in [3.05, 3.63) is 35.1 Å². The van der Waals surface area contributed by atoms with Gasteiger partial charge in [-0.05, 0) is 38.2 Å². The fourth-order valence-corrected chi connectivity index (χ4v) is 3.89. The number of hydrogen-bond acceptors (Lipinski definition) is 3. The highest BCUT2D eigenvalue weighted by atomic mass is 35.5. The minimum absolute atomic E-state index is 0.323. The number of nitrogens with zero attached hydrogens (tertiary/aromatic N) is 3. The lowest BCUT2D eigenvalue weighted by atomic mass is 10.0. The highest BCUT2D eigenvalue weighted by molar-refractivity contribution is 6.33. The van der Waals surface area contributed by atoms with Crippen molar-refractivity contribution >= 4 is 28.7 Å². The summed E-state index contributed by atoms with van der Waals surface area (Å²) in [5.74, 6) is 0. The zero-order valence-corrected chi connectivity index (χ0v) is 15.5. The standard InChI is InChI=1S/C19H26ClN5/c1-2-13-9-17(20)19(24-7-5-14(21)6-8-24)10-18(13)23-15-11-22-25(12-15)16-3-4-16/h9-12,14,16,23H,2-8,21H2,1H3/p+1. The summed E-state index contributed by atoms with van der Waals surface area (Å²) in [6.07, 6.45) is 9.65. The third-order valence-electron chi connectivity index (χ3n) is 5.33. The van der Waals surface area contributed by atoms with Gasteiger partial charge in [0, 0.05) is 30.8 Å². The van der Waals surface area contributed by atoms with Gasteiger partial charge < -0.3 is 10.6 Å². The molecule has 0 unspecified atom stereocenters. The quantitative estimate of drug-likeness (QED) is 0.806. The molecule has 2 fully saturated rings. The molecule has 1 saturated carbocycles. The third-order valence-corrected chi connectivity index (χ3v) is 5.64. The van der Waals surface area contributed by atoms with Crippen LogP contribution < -0.4 is 16.0 Å². The molecule has 134 valence electrons. The fraction of sp³-hybridized carbons (Fsp3) is 0.526. The van der Waals surface area contributed by atoms with Crippen molar-refractivity contribution in [2.75, 3.05) is 18.0 Å². The molecule has 2 heterocycles. The van der Waals surface area contributed by atoms with Gasteiger partial charge >= 0.3 is 0 Å². The first kappa shape index (κ1) is 16.9. The van der Waals surface area contributed by atoms with Gasteiger partial charge in [0.05, 0.1) is 22.9 Å². The maximum Gasteiger partial charge on any atom is 0.173 e. The lowest BCUT2D eigenvalue weighted by Gasteiger charge is -2.32. The molecule has 1 aliphatic heterocycles. The first-order chi connectivity index (χ1) is 12.1. The minimum atomic E-state index is 0.323. The van der Waals surface area contributed by atoms with Gasteiger partial charge in [0.1, 0.15) is 11.9 Å². The Morgan fingerprint density at radius 1 is 1.24 bits per heavy atom. The van der Waals surface area contributed by atoms with Crippen LogP contribution in [-0.2, 0) is 6.42 Å². The number of aryl methyl sites for hydroxylation is 1. The lowest BCUT2D eigenvalue weighted by molar-refractivity contribution is -0.479. The van der Waals surface area contributed by atoms with Gasteiger partial charge in [-0.15, -0.1) is 0 Å². The molecule has 1 saturated heterocycles. The van der Waals surface area contributed by atoms with E-state index in [1.807, 2.05) is 6.20 Å². The van der Waals surface area contributed by atoms with E-state index in [4.69, 9.17) is 17.3 Å². The smallest absolute Gasteiger partial charge is 0.173 e. The molecule has 0 spiro atoms. The van der Waals surface area contributed by atoms with Gasteiger partial charge in [-0.2, -0.15) is 5.10 Å². The van der Waals surface area contributed by atoms with Crippen LogP contribution in [-0.4, -0.2) is 28.9 Å². The van der Waals surface area contributed by atoms with Crippen LogP contribution in [0.3, 0.4) is 0 Å². The molecule has 1 aromatic heterocycles. The van der Waals surface area contributed by atoms with Crippen LogP contribution in [0.25, 0.3) is 0 Å². The zero-order chi connectivity index (χ0) is 17.4. The van der Waals surface area contributed by atoms with Crippen LogP contribution in [0.15, 0.2) is 24.5 Å². The molecule has 25 heavy (non-hydrogen) atoms. The number of quaternary nitrogens is 1. The summed E-state index contributed by atoms with van der Waals surface area (Å²) >= 11 is 6.60. The molecule has 4 rings (SSSR count). The Balaban J connectivity index is 1.59. The molecule has 1 aromatic carbocycles. The number of benzene rings is 1. The SMILES string of the molecule is CCc1cc(Cl)c(N2CCC(N)CC2)cc1[NH2+]c1cnn(C2CC2)c1. The van der Waals surface area contributed by atoms with E-state index in [0.29, 0.717) is 12.1 Å². The Morgan fingerprint density at radius 3 is 2.68 bits per heavy atom. The van der Waals surface area contributed by atoms with Crippen molar-refractivity contribution in [2.24, 2.45) is 5.73 Å². The molecule has 0 amide bonds. The van der Waals surface area contributed by atoms with Crippen LogP contribution in [0.4, 0.5) is 17.1 Å². The Morgan fingerprint density at radius 2 is 2.00 bits per heavy atom. The van der Waals surface area contributed by atoms with Gasteiger partial charge in [-0.1, -0.05) is 18.5 Å². The minimum Gasteiger partial charge on any atom is -0.370 e. The summed E-state index contributed by atoms with van der Waals surface area (Å²) in [6.45, 7) is 4.13. The van der Waals surface area contributed by atoms with E-state index in [1.165, 1.54) is 24.1 Å². The number of piperidine rings is 1. The summed E-state index contributed by atoms with van der Waals surface area (Å²) in [4.78, 5) is 2.37. The topological polar surface area (TPSA) is 63.7 Å². The molecule has 2 aliphatic rings. The normalized spacial score (nSPS) is 18.8. The summed E-state index contributed by atoms with van der Waals surface area (Å²) in [5.41, 5.74) is 10.9. The molecular weight excluding hydrogens is 334 g/mol. The number of hydrogen-bond donors (Lipinski definition) is 2. The fourth-order valence-electron chi connectivity index (χ4n) is 3.59. The first-order valence-corrected chi connectivity index (χ1v) is 9.73. The molecule has 2 aromatic rings. The molecule has 0 radical (unpaired) electrons. The van der Waals surface area contributed by atoms with Gasteiger partial charge in [-0.3, -0.25) is 10.00 Å². The predicted molar refractivity (Wildman–Crippen MR) is 102 cm³/mol. The van der Waals surface area contributed by atoms with Crippen LogP contribution in [0.2, 0.25) is 5.02 Å².